The largest absolute Gasteiger partial charge is 0.465 e. The Morgan fingerprint density at radius 3 is 2.55 bits per heavy atom. The summed E-state index contributed by atoms with van der Waals surface area (Å²) in [7, 11) is 0. The van der Waals surface area contributed by atoms with Gasteiger partial charge in [-0.05, 0) is 30.3 Å². The number of ether oxygens (including phenoxy) is 1. The number of furan rings is 1. The number of amides is 2. The second-order valence-corrected chi connectivity index (χ2v) is 7.55. The summed E-state index contributed by atoms with van der Waals surface area (Å²) < 4.78 is 50.3. The summed E-state index contributed by atoms with van der Waals surface area (Å²) in [6.45, 7) is 1.72. The number of nitrogens with zero attached hydrogens (tertiary/aromatic N) is 2. The van der Waals surface area contributed by atoms with Crippen molar-refractivity contribution in [3.63, 3.8) is 0 Å². The number of alkyl halides is 3. The third-order valence-electron chi connectivity index (χ3n) is 5.15. The first-order valence-electron chi connectivity index (χ1n) is 10.1. The molecule has 33 heavy (non-hydrogen) atoms. The topological polar surface area (TPSA) is 105 Å². The zero-order chi connectivity index (χ0) is 23.6. The predicted molar refractivity (Wildman–Crippen MR) is 111 cm³/mol. The number of halogens is 3. The lowest BCUT2D eigenvalue weighted by molar-refractivity contribution is -0.127. The second kappa shape index (κ2) is 9.10. The number of carbonyl (C=O) groups excluding carboxylic acids is 1. The molecule has 174 valence electrons. The number of hydrogen-bond acceptors (Lipinski definition) is 5. The van der Waals surface area contributed by atoms with E-state index < -0.39 is 18.7 Å². The van der Waals surface area contributed by atoms with Crippen LogP contribution in [0.4, 0.5) is 18.0 Å². The van der Waals surface area contributed by atoms with Crippen LogP contribution in [0, 0.1) is 0 Å². The normalized spacial score (nSPS) is 14.5. The zero-order valence-electron chi connectivity index (χ0n) is 17.3. The highest BCUT2D eigenvalue weighted by Gasteiger charge is 2.30. The van der Waals surface area contributed by atoms with E-state index in [1.54, 1.807) is 23.1 Å². The van der Waals surface area contributed by atoms with Crippen molar-refractivity contribution in [1.82, 2.24) is 15.2 Å². The van der Waals surface area contributed by atoms with E-state index in [-0.39, 0.29) is 29.4 Å². The minimum absolute atomic E-state index is 0.0392. The molecule has 2 amide bonds. The van der Waals surface area contributed by atoms with Crippen molar-refractivity contribution in [3.05, 3.63) is 53.4 Å². The molecule has 0 bridgehead atoms. The first kappa shape index (κ1) is 22.6. The molecular weight excluding hydrogens is 443 g/mol. The lowest BCUT2D eigenvalue weighted by Gasteiger charge is -2.26. The summed E-state index contributed by atoms with van der Waals surface area (Å²) in [5.41, 5.74) is 1.14. The average Bonchev–Trinajstić information content (AvgIpc) is 3.20. The lowest BCUT2D eigenvalue weighted by atomic mass is 10.0. The van der Waals surface area contributed by atoms with Gasteiger partial charge in [0.1, 0.15) is 11.3 Å². The molecule has 8 nitrogen and oxygen atoms in total. The van der Waals surface area contributed by atoms with Gasteiger partial charge in [-0.15, -0.1) is 0 Å². The molecular formula is C22H20F3N3O5. The van der Waals surface area contributed by atoms with Crippen molar-refractivity contribution in [1.29, 1.82) is 0 Å². The minimum Gasteiger partial charge on any atom is -0.465 e. The number of rotatable bonds is 5. The Hall–Kier alpha value is -3.60. The second-order valence-electron chi connectivity index (χ2n) is 7.55. The number of benzene rings is 1. The highest BCUT2D eigenvalue weighted by Crippen LogP contribution is 2.33. The maximum Gasteiger partial charge on any atom is 0.405 e. The van der Waals surface area contributed by atoms with E-state index >= 15 is 0 Å². The van der Waals surface area contributed by atoms with E-state index in [1.807, 2.05) is 0 Å². The van der Waals surface area contributed by atoms with Crippen molar-refractivity contribution in [2.45, 2.75) is 19.1 Å². The summed E-state index contributed by atoms with van der Waals surface area (Å²) in [6.07, 6.45) is -5.56. The van der Waals surface area contributed by atoms with Gasteiger partial charge in [0.05, 0.1) is 37.4 Å². The molecule has 4 rings (SSSR count). The first-order valence-corrected chi connectivity index (χ1v) is 10.1. The van der Waals surface area contributed by atoms with E-state index in [0.29, 0.717) is 48.5 Å². The van der Waals surface area contributed by atoms with E-state index in [9.17, 15) is 22.8 Å². The first-order chi connectivity index (χ1) is 15.7. The van der Waals surface area contributed by atoms with Crippen LogP contribution in [-0.4, -0.2) is 59.5 Å². The van der Waals surface area contributed by atoms with Crippen LogP contribution < -0.4 is 5.32 Å². The van der Waals surface area contributed by atoms with E-state index in [0.717, 1.165) is 0 Å². The van der Waals surface area contributed by atoms with Gasteiger partial charge >= 0.3 is 12.3 Å². The Labute approximate surface area is 185 Å². The molecule has 1 aliphatic rings. The van der Waals surface area contributed by atoms with Crippen LogP contribution >= 0.6 is 0 Å². The van der Waals surface area contributed by atoms with E-state index in [1.165, 1.54) is 18.3 Å². The maximum atomic E-state index is 13.2. The summed E-state index contributed by atoms with van der Waals surface area (Å²) in [5.74, 6) is 0.00311. The fourth-order valence-corrected chi connectivity index (χ4v) is 3.66. The number of carbonyl (C=O) groups is 2. The molecule has 11 heteroatoms. The Bertz CT molecular complexity index is 1170. The van der Waals surface area contributed by atoms with Crippen LogP contribution in [0.25, 0.3) is 22.2 Å². The average molecular weight is 463 g/mol. The van der Waals surface area contributed by atoms with Gasteiger partial charge in [0.25, 0.3) is 5.91 Å². The summed E-state index contributed by atoms with van der Waals surface area (Å²) in [4.78, 5) is 29.3. The van der Waals surface area contributed by atoms with E-state index in [2.05, 4.69) is 10.3 Å². The zero-order valence-corrected chi connectivity index (χ0v) is 17.3. The third kappa shape index (κ3) is 5.43. The predicted octanol–water partition coefficient (Wildman–Crippen LogP) is 3.84. The number of fused-ring (bicyclic) bond motifs is 1. The van der Waals surface area contributed by atoms with Gasteiger partial charge in [-0.2, -0.15) is 13.2 Å². The van der Waals surface area contributed by atoms with Crippen molar-refractivity contribution < 1.29 is 37.0 Å². The van der Waals surface area contributed by atoms with Crippen molar-refractivity contribution in [3.8, 4) is 11.3 Å². The molecule has 0 unspecified atom stereocenters. The van der Waals surface area contributed by atoms with Crippen LogP contribution in [0.1, 0.15) is 21.7 Å². The summed E-state index contributed by atoms with van der Waals surface area (Å²) in [5, 5.41) is 11.3. The van der Waals surface area contributed by atoms with Crippen molar-refractivity contribution in [2.24, 2.45) is 0 Å². The number of hydrogen-bond donors (Lipinski definition) is 2. The molecule has 0 saturated carbocycles. The van der Waals surface area contributed by atoms with Crippen LogP contribution in [0.2, 0.25) is 0 Å². The van der Waals surface area contributed by atoms with Gasteiger partial charge in [0, 0.05) is 35.8 Å². The Balaban J connectivity index is 1.66. The summed E-state index contributed by atoms with van der Waals surface area (Å²) in [6, 6.07) is 7.63. The lowest BCUT2D eigenvalue weighted by Crippen LogP contribution is -2.40. The molecule has 2 N–H and O–H groups in total. The molecule has 0 atom stereocenters. The molecule has 1 fully saturated rings. The highest BCUT2D eigenvalue weighted by atomic mass is 19.4. The number of aromatic nitrogens is 1. The number of pyridine rings is 1. The molecule has 0 spiro atoms. The highest BCUT2D eigenvalue weighted by molar-refractivity contribution is 5.94. The number of carboxylic acid groups (broad SMARTS) is 1. The molecule has 3 heterocycles. The third-order valence-corrected chi connectivity index (χ3v) is 5.15. The van der Waals surface area contributed by atoms with Gasteiger partial charge in [0.2, 0.25) is 0 Å². The van der Waals surface area contributed by atoms with Gasteiger partial charge in [0.15, 0.2) is 0 Å². The van der Waals surface area contributed by atoms with E-state index in [4.69, 9.17) is 14.3 Å². The maximum absolute atomic E-state index is 13.2. The minimum atomic E-state index is -4.47. The molecule has 0 radical (unpaired) electrons. The summed E-state index contributed by atoms with van der Waals surface area (Å²) >= 11 is 0. The van der Waals surface area contributed by atoms with Crippen molar-refractivity contribution in [2.75, 3.05) is 26.3 Å². The van der Waals surface area contributed by atoms with Gasteiger partial charge in [-0.1, -0.05) is 0 Å². The van der Waals surface area contributed by atoms with Gasteiger partial charge in [-0.25, -0.2) is 4.79 Å². The molecule has 1 saturated heterocycles. The number of morpholine rings is 1. The fourth-order valence-electron chi connectivity index (χ4n) is 3.66. The smallest absolute Gasteiger partial charge is 0.405 e. The molecule has 1 aromatic carbocycles. The standard InChI is InChI=1S/C22H20F3N3O5/c23-22(24,25)10-16-8-14(7-15-9-17(33-19(15)16)12-27-21(30)31)18-2-1-13(11-26-18)20(29)28-3-5-32-6-4-28/h1-2,7-9,11,27H,3-6,10,12H2,(H,30,31). The monoisotopic (exact) mass is 463 g/mol. The molecule has 2 aromatic heterocycles. The van der Waals surface area contributed by atoms with Crippen LogP contribution in [0.3, 0.4) is 0 Å². The Morgan fingerprint density at radius 1 is 1.15 bits per heavy atom. The molecule has 3 aromatic rings. The van der Waals surface area contributed by atoms with Gasteiger partial charge in [-0.3, -0.25) is 9.78 Å². The fraction of sp³-hybridized carbons (Fsp3) is 0.318. The Morgan fingerprint density at radius 2 is 1.91 bits per heavy atom. The molecule has 0 aliphatic carbocycles. The molecule has 1 aliphatic heterocycles. The van der Waals surface area contributed by atoms with Gasteiger partial charge < -0.3 is 24.5 Å². The number of nitrogens with one attached hydrogen (secondary N) is 1. The van der Waals surface area contributed by atoms with Crippen LogP contribution in [-0.2, 0) is 17.7 Å². The van der Waals surface area contributed by atoms with Crippen molar-refractivity contribution >= 4 is 23.0 Å². The Kier molecular flexibility index (Phi) is 6.23. The quantitative estimate of drug-likeness (QED) is 0.596. The van der Waals surface area contributed by atoms with Crippen LogP contribution in [0.5, 0.6) is 0 Å². The van der Waals surface area contributed by atoms with Crippen LogP contribution in [0.15, 0.2) is 40.9 Å². The SMILES string of the molecule is O=C(O)NCc1cc2cc(-c3ccc(C(=O)N4CCOCC4)cn3)cc(CC(F)(F)F)c2o1.